The van der Waals surface area contributed by atoms with E-state index in [1.54, 1.807) is 26.2 Å². The van der Waals surface area contributed by atoms with E-state index in [4.69, 9.17) is 4.74 Å². The van der Waals surface area contributed by atoms with Gasteiger partial charge in [0, 0.05) is 31.8 Å². The molecule has 0 heterocycles. The van der Waals surface area contributed by atoms with Crippen LogP contribution in [0.1, 0.15) is 30.4 Å². The Morgan fingerprint density at radius 2 is 2.21 bits per heavy atom. The lowest BCUT2D eigenvalue weighted by Crippen LogP contribution is -2.47. The van der Waals surface area contributed by atoms with Gasteiger partial charge >= 0.3 is 0 Å². The van der Waals surface area contributed by atoms with Crippen molar-refractivity contribution in [2.45, 2.75) is 38.3 Å². The molecule has 0 amide bonds. The van der Waals surface area contributed by atoms with Crippen molar-refractivity contribution in [1.29, 1.82) is 0 Å². The van der Waals surface area contributed by atoms with Gasteiger partial charge in [-0.1, -0.05) is 12.1 Å². The zero-order valence-electron chi connectivity index (χ0n) is 11.4. The van der Waals surface area contributed by atoms with Crippen molar-refractivity contribution in [2.75, 3.05) is 13.7 Å². The number of hydrogen-bond acceptors (Lipinski definition) is 4. The first kappa shape index (κ1) is 14.0. The average molecular weight is 264 g/mol. The van der Waals surface area contributed by atoms with Gasteiger partial charge in [-0.3, -0.25) is 10.1 Å². The molecule has 0 spiro atoms. The molecule has 0 aliphatic heterocycles. The molecule has 1 aliphatic carbocycles. The molecular weight excluding hydrogens is 244 g/mol. The molecule has 0 aromatic heterocycles. The van der Waals surface area contributed by atoms with Crippen LogP contribution in [0, 0.1) is 17.0 Å². The first-order valence-electron chi connectivity index (χ1n) is 6.56. The fraction of sp³-hybridized carbons (Fsp3) is 0.571. The number of rotatable bonds is 6. The first-order valence-corrected chi connectivity index (χ1v) is 6.56. The molecule has 1 aromatic carbocycles. The quantitative estimate of drug-likeness (QED) is 0.633. The van der Waals surface area contributed by atoms with Crippen molar-refractivity contribution < 1.29 is 9.66 Å². The van der Waals surface area contributed by atoms with Crippen LogP contribution in [0.25, 0.3) is 0 Å². The van der Waals surface area contributed by atoms with Gasteiger partial charge in [0.2, 0.25) is 0 Å². The highest BCUT2D eigenvalue weighted by molar-refractivity contribution is 5.42. The van der Waals surface area contributed by atoms with E-state index >= 15 is 0 Å². The monoisotopic (exact) mass is 264 g/mol. The third kappa shape index (κ3) is 3.11. The zero-order valence-corrected chi connectivity index (χ0v) is 11.4. The number of nitrogens with zero attached hydrogens (tertiary/aromatic N) is 1. The molecule has 5 heteroatoms. The molecular formula is C14H20N2O3. The van der Waals surface area contributed by atoms with Gasteiger partial charge in [-0.05, 0) is 31.7 Å². The fourth-order valence-corrected chi connectivity index (χ4v) is 2.42. The van der Waals surface area contributed by atoms with E-state index < -0.39 is 0 Å². The molecule has 0 saturated heterocycles. The summed E-state index contributed by atoms with van der Waals surface area (Å²) in [5.41, 5.74) is 1.80. The highest BCUT2D eigenvalue weighted by Crippen LogP contribution is 2.34. The molecule has 0 bridgehead atoms. The van der Waals surface area contributed by atoms with Crippen molar-refractivity contribution in [3.05, 3.63) is 39.4 Å². The molecule has 104 valence electrons. The van der Waals surface area contributed by atoms with Gasteiger partial charge in [0.25, 0.3) is 5.69 Å². The van der Waals surface area contributed by atoms with E-state index in [1.807, 2.05) is 6.07 Å². The molecule has 1 aromatic rings. The molecule has 0 atom stereocenters. The lowest BCUT2D eigenvalue weighted by molar-refractivity contribution is -0.385. The maximum Gasteiger partial charge on any atom is 0.272 e. The molecule has 1 saturated carbocycles. The van der Waals surface area contributed by atoms with Crippen molar-refractivity contribution in [3.8, 4) is 0 Å². The number of nitrogens with one attached hydrogen (secondary N) is 1. The van der Waals surface area contributed by atoms with Gasteiger partial charge in [0.05, 0.1) is 10.5 Å². The topological polar surface area (TPSA) is 64.4 Å². The summed E-state index contributed by atoms with van der Waals surface area (Å²) in [7, 11) is 1.75. The molecule has 0 radical (unpaired) electrons. The Morgan fingerprint density at radius 1 is 1.47 bits per heavy atom. The van der Waals surface area contributed by atoms with Crippen molar-refractivity contribution in [1.82, 2.24) is 5.32 Å². The van der Waals surface area contributed by atoms with Crippen molar-refractivity contribution in [3.63, 3.8) is 0 Å². The van der Waals surface area contributed by atoms with Crippen molar-refractivity contribution >= 4 is 5.69 Å². The van der Waals surface area contributed by atoms with E-state index in [2.05, 4.69) is 5.32 Å². The Hall–Kier alpha value is -1.46. The van der Waals surface area contributed by atoms with E-state index in [9.17, 15) is 10.1 Å². The number of aryl methyl sites for hydroxylation is 1. The van der Waals surface area contributed by atoms with E-state index in [0.717, 1.165) is 24.9 Å². The maximum atomic E-state index is 10.9. The van der Waals surface area contributed by atoms with Crippen LogP contribution >= 0.6 is 0 Å². The van der Waals surface area contributed by atoms with Gasteiger partial charge in [-0.2, -0.15) is 0 Å². The number of benzene rings is 1. The Labute approximate surface area is 113 Å². The number of nitro benzene ring substituents is 1. The third-order valence-electron chi connectivity index (χ3n) is 3.94. The Kier molecular flexibility index (Phi) is 4.17. The standard InChI is InChI=1S/C14H20N2O3/c1-11-4-5-12(8-13(11)16(17)18)9-15-10-14(19-2)6-3-7-14/h4-5,8,15H,3,6-7,9-10H2,1-2H3. The molecule has 1 N–H and O–H groups in total. The Bertz CT molecular complexity index is 464. The molecule has 5 nitrogen and oxygen atoms in total. The minimum atomic E-state index is -0.332. The second kappa shape index (κ2) is 5.67. The molecule has 0 unspecified atom stereocenters. The van der Waals surface area contributed by atoms with E-state index in [0.29, 0.717) is 12.1 Å². The van der Waals surface area contributed by atoms with Gasteiger partial charge in [-0.25, -0.2) is 0 Å². The van der Waals surface area contributed by atoms with Crippen LogP contribution < -0.4 is 5.32 Å². The first-order chi connectivity index (χ1) is 9.06. The Balaban J connectivity index is 1.93. The SMILES string of the molecule is COC1(CNCc2ccc(C)c([N+](=O)[O-])c2)CCC1. The Morgan fingerprint density at radius 3 is 2.74 bits per heavy atom. The largest absolute Gasteiger partial charge is 0.377 e. The van der Waals surface area contributed by atoms with Crippen LogP contribution in [0.5, 0.6) is 0 Å². The van der Waals surface area contributed by atoms with Gasteiger partial charge in [0.15, 0.2) is 0 Å². The zero-order chi connectivity index (χ0) is 13.9. The van der Waals surface area contributed by atoms with Gasteiger partial charge in [-0.15, -0.1) is 0 Å². The summed E-state index contributed by atoms with van der Waals surface area (Å²) in [6, 6.07) is 5.36. The highest BCUT2D eigenvalue weighted by atomic mass is 16.6. The van der Waals surface area contributed by atoms with Crippen LogP contribution in [-0.4, -0.2) is 24.2 Å². The fourth-order valence-electron chi connectivity index (χ4n) is 2.42. The number of methoxy groups -OCH3 is 1. The van der Waals surface area contributed by atoms with Crippen LogP contribution in [0.3, 0.4) is 0 Å². The van der Waals surface area contributed by atoms with Gasteiger partial charge in [0.1, 0.15) is 0 Å². The lowest BCUT2D eigenvalue weighted by Gasteiger charge is -2.40. The summed E-state index contributed by atoms with van der Waals surface area (Å²) in [5.74, 6) is 0. The third-order valence-corrected chi connectivity index (χ3v) is 3.94. The normalized spacial score (nSPS) is 16.9. The predicted molar refractivity (Wildman–Crippen MR) is 73.1 cm³/mol. The molecule has 1 fully saturated rings. The average Bonchev–Trinajstić information content (AvgIpc) is 2.34. The second-order valence-electron chi connectivity index (χ2n) is 5.22. The summed E-state index contributed by atoms with van der Waals surface area (Å²) in [6.07, 6.45) is 3.39. The van der Waals surface area contributed by atoms with Crippen LogP contribution in [0.4, 0.5) is 5.69 Å². The van der Waals surface area contributed by atoms with E-state index in [1.165, 1.54) is 6.42 Å². The summed E-state index contributed by atoms with van der Waals surface area (Å²) in [6.45, 7) is 3.18. The minimum absolute atomic E-state index is 0.0172. The highest BCUT2D eigenvalue weighted by Gasteiger charge is 2.36. The summed E-state index contributed by atoms with van der Waals surface area (Å²) in [5, 5.41) is 14.2. The van der Waals surface area contributed by atoms with Crippen LogP contribution in [0.2, 0.25) is 0 Å². The minimum Gasteiger partial charge on any atom is -0.377 e. The number of nitro groups is 1. The number of hydrogen-bond donors (Lipinski definition) is 1. The van der Waals surface area contributed by atoms with Crippen LogP contribution in [0.15, 0.2) is 18.2 Å². The van der Waals surface area contributed by atoms with Gasteiger partial charge < -0.3 is 10.1 Å². The molecule has 2 rings (SSSR count). The summed E-state index contributed by atoms with van der Waals surface area (Å²) >= 11 is 0. The number of ether oxygens (including phenoxy) is 1. The molecule has 19 heavy (non-hydrogen) atoms. The maximum absolute atomic E-state index is 10.9. The van der Waals surface area contributed by atoms with E-state index in [-0.39, 0.29) is 16.2 Å². The van der Waals surface area contributed by atoms with Crippen LogP contribution in [-0.2, 0) is 11.3 Å². The van der Waals surface area contributed by atoms with Crippen molar-refractivity contribution in [2.24, 2.45) is 0 Å². The molecule has 1 aliphatic rings. The second-order valence-corrected chi connectivity index (χ2v) is 5.22. The smallest absolute Gasteiger partial charge is 0.272 e. The predicted octanol–water partition coefficient (Wildman–Crippen LogP) is 2.56. The summed E-state index contributed by atoms with van der Waals surface area (Å²) < 4.78 is 5.52. The lowest BCUT2D eigenvalue weighted by atomic mass is 9.80. The summed E-state index contributed by atoms with van der Waals surface area (Å²) in [4.78, 5) is 10.5.